The van der Waals surface area contributed by atoms with Crippen molar-refractivity contribution in [2.24, 2.45) is 5.92 Å². The molecule has 1 N–H and O–H groups in total. The number of allylic oxidation sites excluding steroid dienone is 2. The molecule has 0 bridgehead atoms. The third-order valence-corrected chi connectivity index (χ3v) is 4.82. The molecule has 6 heteroatoms. The highest BCUT2D eigenvalue weighted by Crippen LogP contribution is 2.20. The monoisotopic (exact) mass is 286 g/mol. The van der Waals surface area contributed by atoms with E-state index in [1.54, 1.807) is 6.07 Å². The second-order valence-electron chi connectivity index (χ2n) is 4.29. The number of aromatic nitrogens is 1. The van der Waals surface area contributed by atoms with E-state index in [0.717, 1.165) is 19.3 Å². The Bertz CT molecular complexity index is 543. The summed E-state index contributed by atoms with van der Waals surface area (Å²) in [4.78, 5) is 3.82. The van der Waals surface area contributed by atoms with E-state index < -0.39 is 10.0 Å². The van der Waals surface area contributed by atoms with Gasteiger partial charge in [0.2, 0.25) is 10.0 Å². The van der Waals surface area contributed by atoms with Gasteiger partial charge in [0.15, 0.2) is 0 Å². The predicted octanol–water partition coefficient (Wildman–Crippen LogP) is 2.37. The Morgan fingerprint density at radius 1 is 1.44 bits per heavy atom. The standard InChI is InChI=1S/C12H15ClN2O2S/c13-12-11(7-4-8-14-12)18(16,17)15-9-10-5-2-1-3-6-10/h1-2,4,7-8,10,15H,3,5-6,9H2. The second-order valence-corrected chi connectivity index (χ2v) is 6.39. The van der Waals surface area contributed by atoms with E-state index in [4.69, 9.17) is 11.6 Å². The highest BCUT2D eigenvalue weighted by molar-refractivity contribution is 7.89. The maximum absolute atomic E-state index is 12.0. The van der Waals surface area contributed by atoms with Gasteiger partial charge in [-0.1, -0.05) is 23.8 Å². The van der Waals surface area contributed by atoms with Crippen molar-refractivity contribution in [1.29, 1.82) is 0 Å². The number of hydrogen-bond acceptors (Lipinski definition) is 3. The Morgan fingerprint density at radius 2 is 2.28 bits per heavy atom. The number of nitrogens with zero attached hydrogens (tertiary/aromatic N) is 1. The number of nitrogens with one attached hydrogen (secondary N) is 1. The molecule has 1 unspecified atom stereocenters. The average molecular weight is 287 g/mol. The van der Waals surface area contributed by atoms with Gasteiger partial charge in [-0.2, -0.15) is 0 Å². The maximum Gasteiger partial charge on any atom is 0.243 e. The van der Waals surface area contributed by atoms with E-state index in [0.29, 0.717) is 12.5 Å². The van der Waals surface area contributed by atoms with Crippen LogP contribution in [0.5, 0.6) is 0 Å². The van der Waals surface area contributed by atoms with Gasteiger partial charge in [-0.15, -0.1) is 0 Å². The van der Waals surface area contributed by atoms with E-state index in [9.17, 15) is 8.42 Å². The summed E-state index contributed by atoms with van der Waals surface area (Å²) < 4.78 is 26.7. The molecule has 98 valence electrons. The van der Waals surface area contributed by atoms with Gasteiger partial charge in [0.05, 0.1) is 0 Å². The molecular formula is C12H15ClN2O2S. The molecule has 1 aliphatic carbocycles. The number of pyridine rings is 1. The lowest BCUT2D eigenvalue weighted by Gasteiger charge is -2.18. The third kappa shape index (κ3) is 3.31. The lowest BCUT2D eigenvalue weighted by molar-refractivity contribution is 0.468. The van der Waals surface area contributed by atoms with Crippen LogP contribution in [0.15, 0.2) is 35.4 Å². The third-order valence-electron chi connectivity index (χ3n) is 2.95. The predicted molar refractivity (Wildman–Crippen MR) is 70.9 cm³/mol. The van der Waals surface area contributed by atoms with E-state index >= 15 is 0 Å². The molecule has 1 heterocycles. The van der Waals surface area contributed by atoms with Crippen LogP contribution in [0.1, 0.15) is 19.3 Å². The fourth-order valence-electron chi connectivity index (χ4n) is 1.92. The molecule has 0 saturated heterocycles. The number of halogens is 1. The van der Waals surface area contributed by atoms with Gasteiger partial charge in [-0.25, -0.2) is 18.1 Å². The Balaban J connectivity index is 2.04. The Morgan fingerprint density at radius 3 is 2.94 bits per heavy atom. The fourth-order valence-corrected chi connectivity index (χ4v) is 3.49. The van der Waals surface area contributed by atoms with Gasteiger partial charge >= 0.3 is 0 Å². The molecule has 1 aliphatic rings. The minimum atomic E-state index is -3.56. The number of hydrogen-bond donors (Lipinski definition) is 1. The van der Waals surface area contributed by atoms with Crippen LogP contribution in [0.4, 0.5) is 0 Å². The molecule has 0 saturated carbocycles. The van der Waals surface area contributed by atoms with Crippen molar-refractivity contribution in [3.05, 3.63) is 35.6 Å². The molecule has 0 radical (unpaired) electrons. The Kier molecular flexibility index (Phi) is 4.37. The normalized spacial score (nSPS) is 19.9. The summed E-state index contributed by atoms with van der Waals surface area (Å²) in [6.07, 6.45) is 8.64. The second kappa shape index (κ2) is 5.82. The Hall–Kier alpha value is -0.910. The minimum absolute atomic E-state index is 0.00791. The summed E-state index contributed by atoms with van der Waals surface area (Å²) in [7, 11) is -3.56. The topological polar surface area (TPSA) is 59.1 Å². The summed E-state index contributed by atoms with van der Waals surface area (Å²) in [5.74, 6) is 0.361. The van der Waals surface area contributed by atoms with E-state index in [1.165, 1.54) is 12.3 Å². The zero-order valence-corrected chi connectivity index (χ0v) is 11.4. The van der Waals surface area contributed by atoms with Crippen molar-refractivity contribution in [1.82, 2.24) is 9.71 Å². The van der Waals surface area contributed by atoms with Crippen LogP contribution in [0.2, 0.25) is 5.15 Å². The zero-order chi connectivity index (χ0) is 13.0. The molecule has 0 aliphatic heterocycles. The summed E-state index contributed by atoms with van der Waals surface area (Å²) in [6.45, 7) is 0.442. The minimum Gasteiger partial charge on any atom is -0.243 e. The highest BCUT2D eigenvalue weighted by atomic mass is 35.5. The Labute approximate surface area is 112 Å². The van der Waals surface area contributed by atoms with Crippen molar-refractivity contribution < 1.29 is 8.42 Å². The van der Waals surface area contributed by atoms with E-state index in [2.05, 4.69) is 21.9 Å². The van der Waals surface area contributed by atoms with E-state index in [-0.39, 0.29) is 10.0 Å². The summed E-state index contributed by atoms with van der Waals surface area (Å²) in [5, 5.41) is 0.00791. The van der Waals surface area contributed by atoms with Crippen molar-refractivity contribution in [2.45, 2.75) is 24.2 Å². The first-order valence-corrected chi connectivity index (χ1v) is 7.71. The molecule has 18 heavy (non-hydrogen) atoms. The van der Waals surface area contributed by atoms with Crippen molar-refractivity contribution >= 4 is 21.6 Å². The molecule has 0 aromatic carbocycles. The molecule has 1 atom stereocenters. The number of sulfonamides is 1. The van der Waals surface area contributed by atoms with Crippen LogP contribution in [0, 0.1) is 5.92 Å². The molecule has 2 rings (SSSR count). The lowest BCUT2D eigenvalue weighted by atomic mass is 9.95. The van der Waals surface area contributed by atoms with Gasteiger partial charge in [-0.05, 0) is 37.3 Å². The highest BCUT2D eigenvalue weighted by Gasteiger charge is 2.20. The van der Waals surface area contributed by atoms with E-state index in [1.807, 2.05) is 0 Å². The van der Waals surface area contributed by atoms with Crippen molar-refractivity contribution in [3.8, 4) is 0 Å². The summed E-state index contributed by atoms with van der Waals surface area (Å²) >= 11 is 5.79. The van der Waals surface area contributed by atoms with Crippen LogP contribution >= 0.6 is 11.6 Å². The van der Waals surface area contributed by atoms with Crippen LogP contribution in [-0.2, 0) is 10.0 Å². The average Bonchev–Trinajstić information content (AvgIpc) is 2.38. The molecule has 1 aromatic heterocycles. The van der Waals surface area contributed by atoms with Crippen LogP contribution < -0.4 is 4.72 Å². The largest absolute Gasteiger partial charge is 0.243 e. The molecule has 0 fully saturated rings. The van der Waals surface area contributed by atoms with Crippen molar-refractivity contribution in [2.75, 3.05) is 6.54 Å². The first kappa shape index (κ1) is 13.5. The lowest BCUT2D eigenvalue weighted by Crippen LogP contribution is -2.30. The molecule has 0 amide bonds. The summed E-state index contributed by atoms with van der Waals surface area (Å²) in [6, 6.07) is 3.02. The fraction of sp³-hybridized carbons (Fsp3) is 0.417. The van der Waals surface area contributed by atoms with Gasteiger partial charge in [-0.3, -0.25) is 0 Å². The smallest absolute Gasteiger partial charge is 0.243 e. The van der Waals surface area contributed by atoms with Crippen LogP contribution in [-0.4, -0.2) is 19.9 Å². The van der Waals surface area contributed by atoms with Gasteiger partial charge in [0, 0.05) is 12.7 Å². The number of rotatable bonds is 4. The van der Waals surface area contributed by atoms with Gasteiger partial charge in [0.25, 0.3) is 0 Å². The first-order valence-electron chi connectivity index (χ1n) is 5.85. The summed E-state index contributed by atoms with van der Waals surface area (Å²) in [5.41, 5.74) is 0. The SMILES string of the molecule is O=S(=O)(NCC1CC=CCC1)c1cccnc1Cl. The molecule has 4 nitrogen and oxygen atoms in total. The van der Waals surface area contributed by atoms with Crippen molar-refractivity contribution in [3.63, 3.8) is 0 Å². The maximum atomic E-state index is 12.0. The molecule has 1 aromatic rings. The quantitative estimate of drug-likeness (QED) is 0.683. The zero-order valence-electron chi connectivity index (χ0n) is 9.84. The van der Waals surface area contributed by atoms with Gasteiger partial charge < -0.3 is 0 Å². The van der Waals surface area contributed by atoms with Crippen LogP contribution in [0.3, 0.4) is 0 Å². The molecule has 0 spiro atoms. The molecular weight excluding hydrogens is 272 g/mol. The van der Waals surface area contributed by atoms with Gasteiger partial charge in [0.1, 0.15) is 10.0 Å². The first-order chi connectivity index (χ1) is 8.59. The van der Waals surface area contributed by atoms with Crippen LogP contribution in [0.25, 0.3) is 0 Å².